The van der Waals surface area contributed by atoms with Crippen molar-refractivity contribution in [2.45, 2.75) is 76.7 Å². The van der Waals surface area contributed by atoms with Crippen LogP contribution in [0.4, 0.5) is 0 Å². The molecule has 0 fully saturated rings. The van der Waals surface area contributed by atoms with Crippen LogP contribution >= 0.6 is 0 Å². The maximum atomic E-state index is 12.8. The lowest BCUT2D eigenvalue weighted by Gasteiger charge is -2.26. The molecule has 14 nitrogen and oxygen atoms in total. The van der Waals surface area contributed by atoms with E-state index in [1.54, 1.807) is 13.8 Å². The molecule has 33 heavy (non-hydrogen) atoms. The Bertz CT molecular complexity index is 741. The van der Waals surface area contributed by atoms with Gasteiger partial charge in [0.25, 0.3) is 0 Å². The Morgan fingerprint density at radius 3 is 1.79 bits per heavy atom. The van der Waals surface area contributed by atoms with Gasteiger partial charge in [-0.25, -0.2) is 4.79 Å². The predicted octanol–water partition coefficient (Wildman–Crippen LogP) is -2.98. The van der Waals surface area contributed by atoms with E-state index in [1.165, 1.54) is 6.92 Å². The summed E-state index contributed by atoms with van der Waals surface area (Å²) < 4.78 is 0. The third-order valence-electron chi connectivity index (χ3n) is 4.43. The van der Waals surface area contributed by atoms with E-state index in [0.717, 1.165) is 0 Å². The first kappa shape index (κ1) is 29.7. The fourth-order valence-electron chi connectivity index (χ4n) is 2.73. The smallest absolute Gasteiger partial charge is 0.328 e. The van der Waals surface area contributed by atoms with Crippen LogP contribution in [0, 0.1) is 5.92 Å². The van der Waals surface area contributed by atoms with Crippen LogP contribution in [0.2, 0.25) is 0 Å². The first-order chi connectivity index (χ1) is 15.1. The van der Waals surface area contributed by atoms with E-state index >= 15 is 0 Å². The number of carbonyl (C=O) groups is 6. The van der Waals surface area contributed by atoms with Gasteiger partial charge in [-0.2, -0.15) is 0 Å². The van der Waals surface area contributed by atoms with Crippen LogP contribution in [-0.2, 0) is 28.8 Å². The van der Waals surface area contributed by atoms with Crippen LogP contribution in [0.5, 0.6) is 0 Å². The molecule has 0 spiro atoms. The molecule has 0 radical (unpaired) electrons. The second-order valence-electron chi connectivity index (χ2n) is 8.03. The Morgan fingerprint density at radius 1 is 0.848 bits per heavy atom. The highest BCUT2D eigenvalue weighted by Gasteiger charge is 2.32. The summed E-state index contributed by atoms with van der Waals surface area (Å²) in [6.07, 6.45) is -2.60. The molecule has 0 saturated heterocycles. The number of carboxylic acids is 2. The van der Waals surface area contributed by atoms with E-state index in [1.807, 2.05) is 0 Å². The lowest BCUT2D eigenvalue weighted by molar-refractivity contribution is -0.145. The van der Waals surface area contributed by atoms with Gasteiger partial charge in [-0.1, -0.05) is 13.8 Å². The molecule has 14 heteroatoms. The lowest BCUT2D eigenvalue weighted by Crippen LogP contribution is -2.58. The number of nitrogens with two attached hydrogens (primary N) is 2. The second kappa shape index (κ2) is 14.0. The SMILES string of the molecule is CC(C)CC(NC(=O)C(CCC(N)=O)NC(=O)C(N)CC(=O)O)C(=O)NC(C(=O)O)C(C)O. The zero-order valence-corrected chi connectivity index (χ0v) is 18.7. The van der Waals surface area contributed by atoms with Crippen LogP contribution in [0.25, 0.3) is 0 Å². The summed E-state index contributed by atoms with van der Waals surface area (Å²) in [5, 5.41) is 34.3. The molecule has 0 heterocycles. The number of rotatable bonds is 15. The van der Waals surface area contributed by atoms with E-state index < -0.39 is 72.3 Å². The van der Waals surface area contributed by atoms with E-state index in [9.17, 15) is 33.9 Å². The summed E-state index contributed by atoms with van der Waals surface area (Å²) in [7, 11) is 0. The fraction of sp³-hybridized carbons (Fsp3) is 0.684. The summed E-state index contributed by atoms with van der Waals surface area (Å²) in [5.74, 6) is -6.45. The van der Waals surface area contributed by atoms with Gasteiger partial charge in [-0.3, -0.25) is 24.0 Å². The first-order valence-corrected chi connectivity index (χ1v) is 10.2. The molecule has 0 aliphatic heterocycles. The number of aliphatic hydroxyl groups excluding tert-OH is 1. The quantitative estimate of drug-likeness (QED) is 0.119. The number of nitrogens with one attached hydrogen (secondary N) is 3. The Labute approximate surface area is 190 Å². The summed E-state index contributed by atoms with van der Waals surface area (Å²) in [4.78, 5) is 70.7. The number of aliphatic carboxylic acids is 2. The normalized spacial score (nSPS) is 15.5. The molecule has 0 rings (SSSR count). The molecule has 0 aliphatic carbocycles. The molecule has 0 aromatic carbocycles. The van der Waals surface area contributed by atoms with Crippen LogP contribution in [0.1, 0.15) is 46.5 Å². The third kappa shape index (κ3) is 11.8. The summed E-state index contributed by atoms with van der Waals surface area (Å²) in [6, 6.07) is -5.70. The van der Waals surface area contributed by atoms with Gasteiger partial charge in [0, 0.05) is 6.42 Å². The van der Waals surface area contributed by atoms with Crippen molar-refractivity contribution in [1.29, 1.82) is 0 Å². The number of amides is 4. The number of carboxylic acid groups (broad SMARTS) is 2. The van der Waals surface area contributed by atoms with Crippen molar-refractivity contribution in [2.75, 3.05) is 0 Å². The van der Waals surface area contributed by atoms with Crippen molar-refractivity contribution in [3.8, 4) is 0 Å². The molecular weight excluding hydrogens is 442 g/mol. The number of hydrogen-bond donors (Lipinski definition) is 8. The minimum atomic E-state index is -1.62. The minimum Gasteiger partial charge on any atom is -0.481 e. The molecular formula is C19H33N5O9. The first-order valence-electron chi connectivity index (χ1n) is 10.2. The number of hydrogen-bond acceptors (Lipinski definition) is 8. The van der Waals surface area contributed by atoms with Gasteiger partial charge < -0.3 is 42.7 Å². The number of primary amides is 1. The van der Waals surface area contributed by atoms with Gasteiger partial charge in [0.1, 0.15) is 12.1 Å². The Morgan fingerprint density at radius 2 is 1.36 bits per heavy atom. The average molecular weight is 475 g/mol. The molecule has 0 aromatic heterocycles. The van der Waals surface area contributed by atoms with Crippen LogP contribution in [0.3, 0.4) is 0 Å². The number of carbonyl (C=O) groups excluding carboxylic acids is 4. The molecule has 5 atom stereocenters. The summed E-state index contributed by atoms with van der Waals surface area (Å²) >= 11 is 0. The fourth-order valence-corrected chi connectivity index (χ4v) is 2.73. The van der Waals surface area contributed by atoms with Crippen molar-refractivity contribution < 1.29 is 44.1 Å². The summed E-state index contributed by atoms with van der Waals surface area (Å²) in [5.41, 5.74) is 10.6. The Kier molecular flexibility index (Phi) is 12.6. The van der Waals surface area contributed by atoms with E-state index in [-0.39, 0.29) is 25.2 Å². The van der Waals surface area contributed by atoms with Crippen LogP contribution in [-0.4, -0.2) is 81.2 Å². The molecule has 0 aliphatic rings. The monoisotopic (exact) mass is 475 g/mol. The van der Waals surface area contributed by atoms with Gasteiger partial charge in [0.2, 0.25) is 23.6 Å². The van der Waals surface area contributed by atoms with Gasteiger partial charge in [0.15, 0.2) is 6.04 Å². The van der Waals surface area contributed by atoms with Crippen molar-refractivity contribution in [3.05, 3.63) is 0 Å². The Hall–Kier alpha value is -3.26. The average Bonchev–Trinajstić information content (AvgIpc) is 2.66. The third-order valence-corrected chi connectivity index (χ3v) is 4.43. The van der Waals surface area contributed by atoms with Gasteiger partial charge in [-0.15, -0.1) is 0 Å². The standard InChI is InChI=1S/C19H33N5O9/c1-8(2)6-12(18(31)24-15(9(3)25)19(32)33)23-17(30)11(4-5-13(21)26)22-16(29)10(20)7-14(27)28/h8-12,15,25H,4-7,20H2,1-3H3,(H2,21,26)(H,22,29)(H,23,30)(H,24,31)(H,27,28)(H,32,33). The lowest BCUT2D eigenvalue weighted by atomic mass is 10.0. The predicted molar refractivity (Wildman–Crippen MR) is 113 cm³/mol. The van der Waals surface area contributed by atoms with Crippen molar-refractivity contribution in [1.82, 2.24) is 16.0 Å². The van der Waals surface area contributed by atoms with Gasteiger partial charge in [0.05, 0.1) is 18.6 Å². The molecule has 4 amide bonds. The second-order valence-corrected chi connectivity index (χ2v) is 8.03. The maximum Gasteiger partial charge on any atom is 0.328 e. The van der Waals surface area contributed by atoms with Crippen molar-refractivity contribution in [2.24, 2.45) is 17.4 Å². The topological polar surface area (TPSA) is 251 Å². The van der Waals surface area contributed by atoms with Crippen molar-refractivity contribution >= 4 is 35.6 Å². The Balaban J connectivity index is 5.57. The van der Waals surface area contributed by atoms with Crippen LogP contribution in [0.15, 0.2) is 0 Å². The molecule has 0 bridgehead atoms. The van der Waals surface area contributed by atoms with Gasteiger partial charge in [-0.05, 0) is 25.7 Å². The summed E-state index contributed by atoms with van der Waals surface area (Å²) in [6.45, 7) is 4.66. The molecule has 0 aromatic rings. The number of aliphatic hydroxyl groups is 1. The molecule has 0 saturated carbocycles. The van der Waals surface area contributed by atoms with Gasteiger partial charge >= 0.3 is 11.9 Å². The van der Waals surface area contributed by atoms with E-state index in [2.05, 4.69) is 16.0 Å². The highest BCUT2D eigenvalue weighted by atomic mass is 16.4. The highest BCUT2D eigenvalue weighted by Crippen LogP contribution is 2.08. The van der Waals surface area contributed by atoms with E-state index in [4.69, 9.17) is 21.7 Å². The highest BCUT2D eigenvalue weighted by molar-refractivity contribution is 5.95. The largest absolute Gasteiger partial charge is 0.481 e. The van der Waals surface area contributed by atoms with Crippen molar-refractivity contribution in [3.63, 3.8) is 0 Å². The maximum absolute atomic E-state index is 12.8. The zero-order chi connectivity index (χ0) is 25.9. The zero-order valence-electron chi connectivity index (χ0n) is 18.7. The minimum absolute atomic E-state index is 0.0821. The molecule has 188 valence electrons. The molecule has 10 N–H and O–H groups in total. The van der Waals surface area contributed by atoms with E-state index in [0.29, 0.717) is 0 Å². The molecule has 5 unspecified atom stereocenters. The van der Waals surface area contributed by atoms with Crippen LogP contribution < -0.4 is 27.4 Å².